The summed E-state index contributed by atoms with van der Waals surface area (Å²) < 4.78 is 39.6. The highest BCUT2D eigenvalue weighted by molar-refractivity contribution is 7.99. The number of carbonyl (C=O) groups is 1. The van der Waals surface area contributed by atoms with Crippen LogP contribution in [0.1, 0.15) is 16.7 Å². The molecule has 4 aromatic rings. The van der Waals surface area contributed by atoms with Gasteiger partial charge in [-0.3, -0.25) is 9.59 Å². The number of nitrogens with one attached hydrogen (secondary N) is 2. The molecule has 0 aliphatic heterocycles. The number of halogens is 3. The van der Waals surface area contributed by atoms with Crippen LogP contribution in [0.4, 0.5) is 18.9 Å². The number of aromatic nitrogens is 4. The van der Waals surface area contributed by atoms with Gasteiger partial charge in [0, 0.05) is 5.69 Å². The molecule has 0 saturated carbocycles. The SMILES string of the molecule is Cc1cccc(-n2ncc3c(=O)[nH]c(SCC(=O)Nc4ccc(C(F)(F)F)cc4)nc32)c1C. The number of nitrogens with zero attached hydrogens (tertiary/aromatic N) is 3. The first kappa shape index (κ1) is 22.6. The number of benzene rings is 2. The third kappa shape index (κ3) is 4.77. The first-order valence-corrected chi connectivity index (χ1v) is 10.8. The molecule has 2 N–H and O–H groups in total. The van der Waals surface area contributed by atoms with Crippen molar-refractivity contribution in [2.45, 2.75) is 25.2 Å². The number of H-pyrrole nitrogens is 1. The van der Waals surface area contributed by atoms with E-state index in [-0.39, 0.29) is 22.2 Å². The van der Waals surface area contributed by atoms with Crippen LogP contribution in [0.3, 0.4) is 0 Å². The Labute approximate surface area is 190 Å². The molecule has 0 aliphatic carbocycles. The van der Waals surface area contributed by atoms with Gasteiger partial charge < -0.3 is 10.3 Å². The van der Waals surface area contributed by atoms with Crippen molar-refractivity contribution in [3.8, 4) is 5.69 Å². The largest absolute Gasteiger partial charge is 0.416 e. The zero-order chi connectivity index (χ0) is 23.8. The second-order valence-electron chi connectivity index (χ2n) is 7.30. The van der Waals surface area contributed by atoms with Crippen molar-refractivity contribution in [2.75, 3.05) is 11.1 Å². The van der Waals surface area contributed by atoms with E-state index in [2.05, 4.69) is 20.4 Å². The highest BCUT2D eigenvalue weighted by Gasteiger charge is 2.30. The van der Waals surface area contributed by atoms with Crippen molar-refractivity contribution >= 4 is 34.4 Å². The number of aromatic amines is 1. The predicted octanol–water partition coefficient (Wildman–Crippen LogP) is 4.48. The van der Waals surface area contributed by atoms with Gasteiger partial charge in [0.15, 0.2) is 10.8 Å². The standard InChI is InChI=1S/C22H18F3N5O2S/c1-12-4-3-5-17(13(12)2)30-19-16(10-26-30)20(32)29-21(28-19)33-11-18(31)27-15-8-6-14(7-9-15)22(23,24)25/h3-10H,11H2,1-2H3,(H,27,31)(H,28,29,32). The molecule has 1 amide bonds. The Bertz CT molecular complexity index is 1390. The molecule has 7 nitrogen and oxygen atoms in total. The van der Waals surface area contributed by atoms with Gasteiger partial charge in [0.05, 0.1) is 23.2 Å². The maximum Gasteiger partial charge on any atom is 0.416 e. The molecule has 2 aromatic carbocycles. The molecule has 11 heteroatoms. The van der Waals surface area contributed by atoms with Crippen molar-refractivity contribution in [3.05, 3.63) is 75.7 Å². The number of anilines is 1. The Morgan fingerprint density at radius 3 is 2.58 bits per heavy atom. The molecule has 0 bridgehead atoms. The second kappa shape index (κ2) is 8.74. The molecule has 0 radical (unpaired) electrons. The molecule has 0 aliphatic rings. The van der Waals surface area contributed by atoms with E-state index in [1.807, 2.05) is 32.0 Å². The zero-order valence-electron chi connectivity index (χ0n) is 17.5. The molecule has 4 rings (SSSR count). The Hall–Kier alpha value is -3.60. The van der Waals surface area contributed by atoms with Crippen LogP contribution in [0.5, 0.6) is 0 Å². The highest BCUT2D eigenvalue weighted by Crippen LogP contribution is 2.30. The van der Waals surface area contributed by atoms with Gasteiger partial charge in [-0.05, 0) is 55.3 Å². The topological polar surface area (TPSA) is 92.7 Å². The maximum absolute atomic E-state index is 12.7. The number of fused-ring (bicyclic) bond motifs is 1. The molecule has 170 valence electrons. The van der Waals surface area contributed by atoms with Crippen LogP contribution in [0.15, 0.2) is 58.6 Å². The molecule has 0 unspecified atom stereocenters. The maximum atomic E-state index is 12.7. The van der Waals surface area contributed by atoms with Crippen LogP contribution in [-0.2, 0) is 11.0 Å². The number of aryl methyl sites for hydroxylation is 1. The van der Waals surface area contributed by atoms with Gasteiger partial charge >= 0.3 is 6.18 Å². The first-order chi connectivity index (χ1) is 15.6. The Balaban J connectivity index is 1.52. The van der Waals surface area contributed by atoms with Gasteiger partial charge in [-0.2, -0.15) is 18.3 Å². The smallest absolute Gasteiger partial charge is 0.325 e. The summed E-state index contributed by atoms with van der Waals surface area (Å²) in [5.41, 5.74) is 2.26. The number of hydrogen-bond acceptors (Lipinski definition) is 5. The van der Waals surface area contributed by atoms with Crippen LogP contribution in [0.2, 0.25) is 0 Å². The van der Waals surface area contributed by atoms with E-state index in [4.69, 9.17) is 0 Å². The summed E-state index contributed by atoms with van der Waals surface area (Å²) in [7, 11) is 0. The Morgan fingerprint density at radius 1 is 1.15 bits per heavy atom. The fraction of sp³-hybridized carbons (Fsp3) is 0.182. The van der Waals surface area contributed by atoms with Crippen LogP contribution in [0, 0.1) is 13.8 Å². The van der Waals surface area contributed by atoms with E-state index in [1.165, 1.54) is 18.3 Å². The number of alkyl halides is 3. The molecular formula is C22H18F3N5O2S. The lowest BCUT2D eigenvalue weighted by Crippen LogP contribution is -2.16. The summed E-state index contributed by atoms with van der Waals surface area (Å²) >= 11 is 0.999. The zero-order valence-corrected chi connectivity index (χ0v) is 18.3. The molecular weight excluding hydrogens is 455 g/mol. The minimum absolute atomic E-state index is 0.104. The van der Waals surface area contributed by atoms with Gasteiger partial charge in [-0.25, -0.2) is 9.67 Å². The number of carbonyl (C=O) groups excluding carboxylic acids is 1. The molecule has 0 saturated heterocycles. The van der Waals surface area contributed by atoms with Crippen molar-refractivity contribution < 1.29 is 18.0 Å². The van der Waals surface area contributed by atoms with Crippen molar-refractivity contribution in [3.63, 3.8) is 0 Å². The van der Waals surface area contributed by atoms with E-state index in [0.717, 1.165) is 40.7 Å². The van der Waals surface area contributed by atoms with Crippen LogP contribution in [0.25, 0.3) is 16.7 Å². The fourth-order valence-corrected chi connectivity index (χ4v) is 3.84. The number of rotatable bonds is 5. The lowest BCUT2D eigenvalue weighted by Gasteiger charge is -2.10. The fourth-order valence-electron chi connectivity index (χ4n) is 3.18. The summed E-state index contributed by atoms with van der Waals surface area (Å²) in [6.45, 7) is 3.92. The van der Waals surface area contributed by atoms with Crippen molar-refractivity contribution in [1.82, 2.24) is 19.7 Å². The van der Waals surface area contributed by atoms with E-state index in [1.54, 1.807) is 4.68 Å². The number of hydrogen-bond donors (Lipinski definition) is 2. The molecule has 2 heterocycles. The Kier molecular flexibility index (Phi) is 5.98. The quantitative estimate of drug-likeness (QED) is 0.330. The van der Waals surface area contributed by atoms with Crippen molar-refractivity contribution in [1.29, 1.82) is 0 Å². The summed E-state index contributed by atoms with van der Waals surface area (Å²) in [6, 6.07) is 9.89. The minimum atomic E-state index is -4.45. The lowest BCUT2D eigenvalue weighted by atomic mass is 10.1. The van der Waals surface area contributed by atoms with E-state index < -0.39 is 17.6 Å². The monoisotopic (exact) mass is 473 g/mol. The minimum Gasteiger partial charge on any atom is -0.325 e. The van der Waals surface area contributed by atoms with E-state index >= 15 is 0 Å². The normalized spacial score (nSPS) is 11.7. The molecule has 0 atom stereocenters. The molecule has 0 fully saturated rings. The third-order valence-electron chi connectivity index (χ3n) is 5.06. The van der Waals surface area contributed by atoms with Gasteiger partial charge in [-0.1, -0.05) is 23.9 Å². The second-order valence-corrected chi connectivity index (χ2v) is 8.26. The van der Waals surface area contributed by atoms with E-state index in [9.17, 15) is 22.8 Å². The highest BCUT2D eigenvalue weighted by atomic mass is 32.2. The first-order valence-electron chi connectivity index (χ1n) is 9.78. The molecule has 0 spiro atoms. The van der Waals surface area contributed by atoms with Crippen molar-refractivity contribution in [2.24, 2.45) is 0 Å². The average molecular weight is 473 g/mol. The third-order valence-corrected chi connectivity index (χ3v) is 5.93. The summed E-state index contributed by atoms with van der Waals surface area (Å²) in [6.07, 6.45) is -3.01. The Morgan fingerprint density at radius 2 is 1.88 bits per heavy atom. The van der Waals surface area contributed by atoms with Gasteiger partial charge in [-0.15, -0.1) is 0 Å². The number of thioether (sulfide) groups is 1. The molecule has 33 heavy (non-hydrogen) atoms. The predicted molar refractivity (Wildman–Crippen MR) is 120 cm³/mol. The average Bonchev–Trinajstić information content (AvgIpc) is 3.18. The van der Waals surface area contributed by atoms with Gasteiger partial charge in [0.25, 0.3) is 5.56 Å². The summed E-state index contributed by atoms with van der Waals surface area (Å²) in [5, 5.41) is 7.37. The van der Waals surface area contributed by atoms with Crippen LogP contribution < -0.4 is 10.9 Å². The molecule has 2 aromatic heterocycles. The lowest BCUT2D eigenvalue weighted by molar-refractivity contribution is -0.137. The van der Waals surface area contributed by atoms with Crippen LogP contribution >= 0.6 is 11.8 Å². The number of amides is 1. The van der Waals surface area contributed by atoms with Crippen LogP contribution in [-0.4, -0.2) is 31.4 Å². The van der Waals surface area contributed by atoms with Gasteiger partial charge in [0.2, 0.25) is 5.91 Å². The van der Waals surface area contributed by atoms with E-state index in [0.29, 0.717) is 11.0 Å². The summed E-state index contributed by atoms with van der Waals surface area (Å²) in [4.78, 5) is 31.8. The summed E-state index contributed by atoms with van der Waals surface area (Å²) in [5.74, 6) is -0.557. The van der Waals surface area contributed by atoms with Gasteiger partial charge in [0.1, 0.15) is 5.39 Å².